The molecule has 7 nitrogen and oxygen atoms in total. The van der Waals surface area contributed by atoms with Crippen molar-refractivity contribution in [1.29, 1.82) is 0 Å². The highest BCUT2D eigenvalue weighted by atomic mass is 32.2. The highest BCUT2D eigenvalue weighted by molar-refractivity contribution is 7.89. The zero-order valence-electron chi connectivity index (χ0n) is 16.6. The molecule has 2 aromatic rings. The van der Waals surface area contributed by atoms with E-state index in [1.54, 1.807) is 18.2 Å². The van der Waals surface area contributed by atoms with Crippen LogP contribution in [0.15, 0.2) is 53.4 Å². The van der Waals surface area contributed by atoms with Gasteiger partial charge in [-0.05, 0) is 36.8 Å². The Hall–Kier alpha value is -2.42. The van der Waals surface area contributed by atoms with Crippen molar-refractivity contribution in [3.8, 4) is 11.5 Å². The first-order valence-electron chi connectivity index (χ1n) is 9.67. The summed E-state index contributed by atoms with van der Waals surface area (Å²) in [5, 5.41) is 2.83. The summed E-state index contributed by atoms with van der Waals surface area (Å²) < 4.78 is 38.5. The van der Waals surface area contributed by atoms with E-state index in [2.05, 4.69) is 5.32 Å². The molecule has 0 saturated carbocycles. The lowest BCUT2D eigenvalue weighted by Gasteiger charge is -2.26. The van der Waals surface area contributed by atoms with E-state index in [0.29, 0.717) is 49.9 Å². The predicted molar refractivity (Wildman–Crippen MR) is 111 cm³/mol. The number of rotatable bonds is 7. The van der Waals surface area contributed by atoms with Crippen molar-refractivity contribution in [2.75, 3.05) is 31.6 Å². The van der Waals surface area contributed by atoms with E-state index in [0.717, 1.165) is 0 Å². The van der Waals surface area contributed by atoms with Gasteiger partial charge in [0.1, 0.15) is 5.75 Å². The van der Waals surface area contributed by atoms with Crippen LogP contribution in [0.4, 0.5) is 5.69 Å². The van der Waals surface area contributed by atoms with Gasteiger partial charge in [-0.3, -0.25) is 4.79 Å². The Bertz CT molecular complexity index is 941. The Kier molecular flexibility index (Phi) is 6.89. The van der Waals surface area contributed by atoms with Gasteiger partial charge in [-0.15, -0.1) is 0 Å². The Balaban J connectivity index is 1.95. The number of nitrogens with one attached hydrogen (secondary N) is 1. The van der Waals surface area contributed by atoms with Gasteiger partial charge in [0.25, 0.3) is 0 Å². The fourth-order valence-electron chi connectivity index (χ4n) is 2.85. The van der Waals surface area contributed by atoms with Crippen LogP contribution in [0.1, 0.15) is 20.3 Å². The van der Waals surface area contributed by atoms with Crippen LogP contribution in [-0.2, 0) is 19.6 Å². The molecule has 2 aromatic carbocycles. The summed E-state index contributed by atoms with van der Waals surface area (Å²) in [6, 6.07) is 13.7. The van der Waals surface area contributed by atoms with Crippen LogP contribution in [-0.4, -0.2) is 44.9 Å². The smallest absolute Gasteiger partial charge is 0.243 e. The third-order valence-corrected chi connectivity index (χ3v) is 6.74. The number of amides is 1. The fourth-order valence-corrected chi connectivity index (χ4v) is 4.28. The zero-order chi connectivity index (χ0) is 20.9. The van der Waals surface area contributed by atoms with Crippen molar-refractivity contribution in [2.45, 2.75) is 25.2 Å². The number of ether oxygens (including phenoxy) is 2. The second-order valence-electron chi connectivity index (χ2n) is 6.89. The number of para-hydroxylation sites is 1. The van der Waals surface area contributed by atoms with Crippen molar-refractivity contribution in [1.82, 2.24) is 4.31 Å². The maximum absolute atomic E-state index is 13.0. The zero-order valence-corrected chi connectivity index (χ0v) is 17.4. The molecule has 1 saturated heterocycles. The topological polar surface area (TPSA) is 84.9 Å². The molecule has 0 aromatic heterocycles. The standard InChI is InChI=1S/C21H26N2O5S/c1-3-16(2)21(24)22-19-15-18(29(25,26)23-11-13-27-14-12-23)9-10-20(19)28-17-7-5-4-6-8-17/h4-10,15-16H,3,11-14H2,1-2H3,(H,22,24). The lowest BCUT2D eigenvalue weighted by molar-refractivity contribution is -0.119. The van der Waals surface area contributed by atoms with Crippen molar-refractivity contribution >= 4 is 21.6 Å². The van der Waals surface area contributed by atoms with E-state index >= 15 is 0 Å². The highest BCUT2D eigenvalue weighted by Gasteiger charge is 2.27. The summed E-state index contributed by atoms with van der Waals surface area (Å²) >= 11 is 0. The van der Waals surface area contributed by atoms with Gasteiger partial charge in [-0.2, -0.15) is 4.31 Å². The lowest BCUT2D eigenvalue weighted by atomic mass is 10.1. The molecule has 1 unspecified atom stereocenters. The maximum Gasteiger partial charge on any atom is 0.243 e. The Morgan fingerprint density at radius 2 is 1.86 bits per heavy atom. The molecule has 8 heteroatoms. The highest BCUT2D eigenvalue weighted by Crippen LogP contribution is 2.33. The minimum Gasteiger partial charge on any atom is -0.455 e. The van der Waals surface area contributed by atoms with E-state index in [1.807, 2.05) is 32.0 Å². The molecule has 3 rings (SSSR count). The fraction of sp³-hybridized carbons (Fsp3) is 0.381. The van der Waals surface area contributed by atoms with E-state index in [1.165, 1.54) is 16.4 Å². The van der Waals surface area contributed by atoms with Gasteiger partial charge in [-0.1, -0.05) is 32.0 Å². The first-order chi connectivity index (χ1) is 13.9. The van der Waals surface area contributed by atoms with Crippen molar-refractivity contribution in [3.05, 3.63) is 48.5 Å². The minimum atomic E-state index is -3.69. The summed E-state index contributed by atoms with van der Waals surface area (Å²) in [5.74, 6) is 0.578. The number of nitrogens with zero attached hydrogens (tertiary/aromatic N) is 1. The summed E-state index contributed by atoms with van der Waals surface area (Å²) in [4.78, 5) is 12.6. The molecule has 1 aliphatic heterocycles. The average molecular weight is 419 g/mol. The van der Waals surface area contributed by atoms with E-state index < -0.39 is 10.0 Å². The monoisotopic (exact) mass is 418 g/mol. The molecule has 156 valence electrons. The van der Waals surface area contributed by atoms with Gasteiger partial charge in [-0.25, -0.2) is 8.42 Å². The third kappa shape index (κ3) is 5.14. The van der Waals surface area contributed by atoms with Gasteiger partial charge < -0.3 is 14.8 Å². The molecule has 1 heterocycles. The molecule has 29 heavy (non-hydrogen) atoms. The SMILES string of the molecule is CCC(C)C(=O)Nc1cc(S(=O)(=O)N2CCOCC2)ccc1Oc1ccccc1. The van der Waals surface area contributed by atoms with Crippen molar-refractivity contribution < 1.29 is 22.7 Å². The minimum absolute atomic E-state index is 0.110. The van der Waals surface area contributed by atoms with Crippen LogP contribution < -0.4 is 10.1 Å². The second kappa shape index (κ2) is 9.39. The quantitative estimate of drug-likeness (QED) is 0.744. The molecule has 1 fully saturated rings. The van der Waals surface area contributed by atoms with Gasteiger partial charge in [0.05, 0.1) is 23.8 Å². The maximum atomic E-state index is 13.0. The van der Waals surface area contributed by atoms with E-state index in [4.69, 9.17) is 9.47 Å². The molecule has 0 radical (unpaired) electrons. The first-order valence-corrected chi connectivity index (χ1v) is 11.1. The third-order valence-electron chi connectivity index (χ3n) is 4.85. The molecule has 1 amide bonds. The summed E-state index contributed by atoms with van der Waals surface area (Å²) in [7, 11) is -3.69. The van der Waals surface area contributed by atoms with Gasteiger partial charge in [0.2, 0.25) is 15.9 Å². The summed E-state index contributed by atoms with van der Waals surface area (Å²) in [5.41, 5.74) is 0.327. The molecule has 1 N–H and O–H groups in total. The predicted octanol–water partition coefficient (Wildman–Crippen LogP) is 3.48. The van der Waals surface area contributed by atoms with Gasteiger partial charge >= 0.3 is 0 Å². The average Bonchev–Trinajstić information content (AvgIpc) is 2.75. The normalized spacial score (nSPS) is 16.2. The van der Waals surface area contributed by atoms with Crippen LogP contribution in [0.5, 0.6) is 11.5 Å². The molecule has 0 spiro atoms. The number of benzene rings is 2. The number of sulfonamides is 1. The first kappa shape index (κ1) is 21.3. The van der Waals surface area contributed by atoms with Crippen LogP contribution in [0.25, 0.3) is 0 Å². The lowest BCUT2D eigenvalue weighted by Crippen LogP contribution is -2.40. The Morgan fingerprint density at radius 1 is 1.17 bits per heavy atom. The largest absolute Gasteiger partial charge is 0.455 e. The number of anilines is 1. The Labute approximate surface area is 171 Å². The van der Waals surface area contributed by atoms with Gasteiger partial charge in [0, 0.05) is 19.0 Å². The van der Waals surface area contributed by atoms with Crippen LogP contribution >= 0.6 is 0 Å². The molecular weight excluding hydrogens is 392 g/mol. The van der Waals surface area contributed by atoms with E-state index in [-0.39, 0.29) is 16.7 Å². The number of morpholine rings is 1. The van der Waals surface area contributed by atoms with Crippen LogP contribution in [0.3, 0.4) is 0 Å². The summed E-state index contributed by atoms with van der Waals surface area (Å²) in [6.07, 6.45) is 0.673. The number of hydrogen-bond donors (Lipinski definition) is 1. The molecule has 0 bridgehead atoms. The van der Waals surface area contributed by atoms with Crippen LogP contribution in [0.2, 0.25) is 0 Å². The van der Waals surface area contributed by atoms with Gasteiger partial charge in [0.15, 0.2) is 5.75 Å². The number of hydrogen-bond acceptors (Lipinski definition) is 5. The molecule has 0 aliphatic carbocycles. The summed E-state index contributed by atoms with van der Waals surface area (Å²) in [6.45, 7) is 5.09. The number of carbonyl (C=O) groups is 1. The Morgan fingerprint density at radius 3 is 2.52 bits per heavy atom. The molecule has 1 atom stereocenters. The van der Waals surface area contributed by atoms with Crippen molar-refractivity contribution in [2.24, 2.45) is 5.92 Å². The van der Waals surface area contributed by atoms with Crippen LogP contribution in [0, 0.1) is 5.92 Å². The van der Waals surface area contributed by atoms with Crippen molar-refractivity contribution in [3.63, 3.8) is 0 Å². The van der Waals surface area contributed by atoms with E-state index in [9.17, 15) is 13.2 Å². The molecular formula is C21H26N2O5S. The number of carbonyl (C=O) groups excluding carboxylic acids is 1. The molecule has 1 aliphatic rings. The second-order valence-corrected chi connectivity index (χ2v) is 8.83.